The van der Waals surface area contributed by atoms with Gasteiger partial charge in [-0.1, -0.05) is 24.3 Å². The monoisotopic (exact) mass is 382 g/mol. The standard InChI is InChI=1S/C21H22N2O5/c24-19(13-18-17-4-2-1-3-14(17)10-12-28-18)23-16-7-5-15(6-8-16)21(27)22-11-9-20(25)26/h1-8,18H,9-13H2,(H,22,27)(H,23,24)(H,25,26). The van der Waals surface area contributed by atoms with E-state index in [0.29, 0.717) is 17.9 Å². The highest BCUT2D eigenvalue weighted by atomic mass is 16.5. The summed E-state index contributed by atoms with van der Waals surface area (Å²) < 4.78 is 5.76. The van der Waals surface area contributed by atoms with Gasteiger partial charge < -0.3 is 20.5 Å². The van der Waals surface area contributed by atoms with E-state index >= 15 is 0 Å². The fraction of sp³-hybridized carbons (Fsp3) is 0.286. The van der Waals surface area contributed by atoms with Gasteiger partial charge in [0.1, 0.15) is 0 Å². The number of carboxylic acids is 1. The Hall–Kier alpha value is -3.19. The van der Waals surface area contributed by atoms with Gasteiger partial charge in [-0.25, -0.2) is 0 Å². The van der Waals surface area contributed by atoms with Gasteiger partial charge in [-0.3, -0.25) is 14.4 Å². The first-order valence-electron chi connectivity index (χ1n) is 9.12. The fourth-order valence-electron chi connectivity index (χ4n) is 3.12. The number of amides is 2. The lowest BCUT2D eigenvalue weighted by Gasteiger charge is -2.25. The maximum atomic E-state index is 12.4. The third-order valence-corrected chi connectivity index (χ3v) is 4.52. The van der Waals surface area contributed by atoms with Gasteiger partial charge in [-0.15, -0.1) is 0 Å². The molecule has 146 valence electrons. The van der Waals surface area contributed by atoms with Crippen LogP contribution in [0.3, 0.4) is 0 Å². The van der Waals surface area contributed by atoms with Gasteiger partial charge in [-0.2, -0.15) is 0 Å². The third-order valence-electron chi connectivity index (χ3n) is 4.52. The lowest BCUT2D eigenvalue weighted by atomic mass is 9.95. The quantitative estimate of drug-likeness (QED) is 0.683. The number of carboxylic acid groups (broad SMARTS) is 1. The summed E-state index contributed by atoms with van der Waals surface area (Å²) in [6, 6.07) is 14.4. The zero-order valence-electron chi connectivity index (χ0n) is 15.3. The van der Waals surface area contributed by atoms with E-state index in [0.717, 1.165) is 12.0 Å². The van der Waals surface area contributed by atoms with Gasteiger partial charge in [0.25, 0.3) is 5.91 Å². The molecule has 2 aromatic rings. The molecule has 0 spiro atoms. The van der Waals surface area contributed by atoms with Crippen molar-refractivity contribution in [3.05, 3.63) is 65.2 Å². The Morgan fingerprint density at radius 2 is 1.82 bits per heavy atom. The Kier molecular flexibility index (Phi) is 6.39. The van der Waals surface area contributed by atoms with Crippen molar-refractivity contribution < 1.29 is 24.2 Å². The second-order valence-electron chi connectivity index (χ2n) is 6.54. The molecule has 3 rings (SSSR count). The van der Waals surface area contributed by atoms with Crippen LogP contribution in [0.15, 0.2) is 48.5 Å². The molecule has 28 heavy (non-hydrogen) atoms. The average Bonchev–Trinajstić information content (AvgIpc) is 2.68. The van der Waals surface area contributed by atoms with Crippen LogP contribution >= 0.6 is 0 Å². The van der Waals surface area contributed by atoms with Crippen molar-refractivity contribution in [3.8, 4) is 0 Å². The topological polar surface area (TPSA) is 105 Å². The Bertz CT molecular complexity index is 863. The van der Waals surface area contributed by atoms with Gasteiger partial charge in [0, 0.05) is 17.8 Å². The molecule has 0 fully saturated rings. The summed E-state index contributed by atoms with van der Waals surface area (Å²) in [6.07, 6.45) is 0.676. The molecule has 3 N–H and O–H groups in total. The minimum atomic E-state index is -0.970. The van der Waals surface area contributed by atoms with E-state index in [9.17, 15) is 14.4 Å². The number of anilines is 1. The number of benzene rings is 2. The zero-order chi connectivity index (χ0) is 19.9. The lowest BCUT2D eigenvalue weighted by Crippen LogP contribution is -2.26. The van der Waals surface area contributed by atoms with Crippen molar-refractivity contribution in [2.75, 3.05) is 18.5 Å². The number of nitrogens with one attached hydrogen (secondary N) is 2. The van der Waals surface area contributed by atoms with Crippen LogP contribution in [0.4, 0.5) is 5.69 Å². The first kappa shape index (κ1) is 19.6. The lowest BCUT2D eigenvalue weighted by molar-refractivity contribution is -0.136. The van der Waals surface area contributed by atoms with Crippen LogP contribution in [0, 0.1) is 0 Å². The molecule has 7 nitrogen and oxygen atoms in total. The van der Waals surface area contributed by atoms with Crippen molar-refractivity contribution in [2.45, 2.75) is 25.4 Å². The van der Waals surface area contributed by atoms with E-state index in [2.05, 4.69) is 16.7 Å². The van der Waals surface area contributed by atoms with Crippen molar-refractivity contribution in [1.82, 2.24) is 5.32 Å². The Labute approximate surface area is 162 Å². The molecule has 1 heterocycles. The third kappa shape index (κ3) is 5.17. The van der Waals surface area contributed by atoms with E-state index in [1.165, 1.54) is 5.56 Å². The number of hydrogen-bond acceptors (Lipinski definition) is 4. The molecule has 0 aliphatic carbocycles. The highest BCUT2D eigenvalue weighted by molar-refractivity contribution is 5.96. The van der Waals surface area contributed by atoms with Gasteiger partial charge in [0.15, 0.2) is 0 Å². The smallest absolute Gasteiger partial charge is 0.305 e. The minimum absolute atomic E-state index is 0.0650. The Morgan fingerprint density at radius 3 is 2.57 bits per heavy atom. The number of carbonyl (C=O) groups is 3. The number of hydrogen-bond donors (Lipinski definition) is 3. The molecule has 1 atom stereocenters. The first-order chi connectivity index (χ1) is 13.5. The average molecular weight is 382 g/mol. The number of carbonyl (C=O) groups excluding carboxylic acids is 2. The van der Waals surface area contributed by atoms with Crippen LogP contribution < -0.4 is 10.6 Å². The van der Waals surface area contributed by atoms with Gasteiger partial charge >= 0.3 is 5.97 Å². The molecular formula is C21H22N2O5. The summed E-state index contributed by atoms with van der Waals surface area (Å²) in [5.41, 5.74) is 3.24. The van der Waals surface area contributed by atoms with Crippen LogP contribution in [0.25, 0.3) is 0 Å². The summed E-state index contributed by atoms with van der Waals surface area (Å²) in [6.45, 7) is 0.663. The number of aliphatic carboxylic acids is 1. The predicted octanol–water partition coefficient (Wildman–Crippen LogP) is 2.53. The van der Waals surface area contributed by atoms with Crippen LogP contribution in [-0.2, 0) is 20.7 Å². The largest absolute Gasteiger partial charge is 0.481 e. The number of ether oxygens (including phenoxy) is 1. The van der Waals surface area contributed by atoms with Crippen molar-refractivity contribution in [2.24, 2.45) is 0 Å². The summed E-state index contributed by atoms with van der Waals surface area (Å²) in [4.78, 5) is 34.8. The molecule has 2 aromatic carbocycles. The van der Waals surface area contributed by atoms with E-state index in [1.807, 2.05) is 18.2 Å². The van der Waals surface area contributed by atoms with Crippen molar-refractivity contribution in [3.63, 3.8) is 0 Å². The van der Waals surface area contributed by atoms with E-state index < -0.39 is 5.97 Å². The zero-order valence-corrected chi connectivity index (χ0v) is 15.3. The summed E-state index contributed by atoms with van der Waals surface area (Å²) in [5, 5.41) is 13.9. The second-order valence-corrected chi connectivity index (χ2v) is 6.54. The Morgan fingerprint density at radius 1 is 1.07 bits per heavy atom. The summed E-state index contributed by atoms with van der Waals surface area (Å²) in [5.74, 6) is -1.49. The van der Waals surface area contributed by atoms with Crippen LogP contribution in [-0.4, -0.2) is 36.0 Å². The normalized spacial score (nSPS) is 15.4. The van der Waals surface area contributed by atoms with Crippen LogP contribution in [0.2, 0.25) is 0 Å². The summed E-state index contributed by atoms with van der Waals surface area (Å²) in [7, 11) is 0. The molecule has 0 aromatic heterocycles. The van der Waals surface area contributed by atoms with Crippen LogP contribution in [0.1, 0.15) is 40.4 Å². The molecule has 0 saturated heterocycles. The fourth-order valence-corrected chi connectivity index (χ4v) is 3.12. The van der Waals surface area contributed by atoms with E-state index in [-0.39, 0.29) is 37.3 Å². The molecule has 2 amide bonds. The molecule has 1 unspecified atom stereocenters. The minimum Gasteiger partial charge on any atom is -0.481 e. The highest BCUT2D eigenvalue weighted by Gasteiger charge is 2.23. The summed E-state index contributed by atoms with van der Waals surface area (Å²) >= 11 is 0. The SMILES string of the molecule is O=C(O)CCNC(=O)c1ccc(NC(=O)CC2OCCc3ccccc32)cc1. The number of rotatable bonds is 7. The molecule has 7 heteroatoms. The van der Waals surface area contributed by atoms with Crippen molar-refractivity contribution in [1.29, 1.82) is 0 Å². The first-order valence-corrected chi connectivity index (χ1v) is 9.12. The molecule has 0 radical (unpaired) electrons. The van der Waals surface area contributed by atoms with Gasteiger partial charge in [0.05, 0.1) is 25.6 Å². The molecule has 1 aliphatic rings. The highest BCUT2D eigenvalue weighted by Crippen LogP contribution is 2.29. The van der Waals surface area contributed by atoms with E-state index in [4.69, 9.17) is 9.84 Å². The predicted molar refractivity (Wildman–Crippen MR) is 103 cm³/mol. The van der Waals surface area contributed by atoms with Crippen molar-refractivity contribution >= 4 is 23.5 Å². The second kappa shape index (κ2) is 9.14. The van der Waals surface area contributed by atoms with Crippen LogP contribution in [0.5, 0.6) is 0 Å². The number of fused-ring (bicyclic) bond motifs is 1. The van der Waals surface area contributed by atoms with Gasteiger partial charge in [-0.05, 0) is 41.8 Å². The molecular weight excluding hydrogens is 360 g/mol. The maximum absolute atomic E-state index is 12.4. The maximum Gasteiger partial charge on any atom is 0.305 e. The molecule has 0 saturated carbocycles. The Balaban J connectivity index is 1.54. The van der Waals surface area contributed by atoms with Gasteiger partial charge in [0.2, 0.25) is 5.91 Å². The molecule has 0 bridgehead atoms. The van der Waals surface area contributed by atoms with E-state index in [1.54, 1.807) is 24.3 Å². The molecule has 1 aliphatic heterocycles.